The number of nitro benzene ring substituents is 1. The molecule has 0 amide bonds. The van der Waals surface area contributed by atoms with Gasteiger partial charge in [0, 0.05) is 11.0 Å². The summed E-state index contributed by atoms with van der Waals surface area (Å²) in [6.07, 6.45) is 0. The average molecular weight is 282 g/mol. The van der Waals surface area contributed by atoms with Crippen LogP contribution in [0.3, 0.4) is 0 Å². The second-order valence-electron chi connectivity index (χ2n) is 3.44. The summed E-state index contributed by atoms with van der Waals surface area (Å²) in [5, 5.41) is 20.4. The minimum atomic E-state index is -0.464. The minimum Gasteiger partial charge on any atom is -0.508 e. The van der Waals surface area contributed by atoms with Gasteiger partial charge in [0.05, 0.1) is 9.95 Å². The van der Waals surface area contributed by atoms with Crippen LogP contribution in [0.4, 0.5) is 5.69 Å². The molecule has 0 radical (unpaired) electrons. The number of benzene rings is 2. The molecule has 1 N–H and O–H groups in total. The molecule has 2 rings (SSSR count). The molecule has 0 aliphatic rings. The molecule has 0 spiro atoms. The third-order valence-electron chi connectivity index (χ3n) is 2.20. The third-order valence-corrected chi connectivity index (χ3v) is 3.77. The Labute approximate surface area is 112 Å². The van der Waals surface area contributed by atoms with Crippen LogP contribution in [0.2, 0.25) is 5.02 Å². The fourth-order valence-electron chi connectivity index (χ4n) is 1.37. The van der Waals surface area contributed by atoms with Crippen molar-refractivity contribution >= 4 is 29.1 Å². The molecule has 0 aromatic heterocycles. The molecule has 0 unspecified atom stereocenters. The van der Waals surface area contributed by atoms with Gasteiger partial charge in [-0.2, -0.15) is 0 Å². The summed E-state index contributed by atoms with van der Waals surface area (Å²) in [5.41, 5.74) is -0.0272. The fourth-order valence-corrected chi connectivity index (χ4v) is 2.58. The molecule has 0 bridgehead atoms. The smallest absolute Gasteiger partial charge is 0.284 e. The Morgan fingerprint density at radius 1 is 1.17 bits per heavy atom. The van der Waals surface area contributed by atoms with Gasteiger partial charge in [0.1, 0.15) is 10.6 Å². The average Bonchev–Trinajstić information content (AvgIpc) is 2.34. The van der Waals surface area contributed by atoms with E-state index in [-0.39, 0.29) is 11.4 Å². The van der Waals surface area contributed by atoms with E-state index < -0.39 is 4.92 Å². The molecule has 0 saturated heterocycles. The van der Waals surface area contributed by atoms with Crippen molar-refractivity contribution < 1.29 is 10.0 Å². The van der Waals surface area contributed by atoms with Crippen LogP contribution in [0.5, 0.6) is 5.75 Å². The van der Waals surface area contributed by atoms with Crippen molar-refractivity contribution in [2.24, 2.45) is 0 Å². The van der Waals surface area contributed by atoms with Crippen LogP contribution in [-0.4, -0.2) is 10.0 Å². The van der Waals surface area contributed by atoms with Crippen molar-refractivity contribution in [1.29, 1.82) is 0 Å². The number of nitrogens with zero attached hydrogens (tertiary/aromatic N) is 1. The monoisotopic (exact) mass is 281 g/mol. The molecule has 92 valence electrons. The van der Waals surface area contributed by atoms with Gasteiger partial charge in [0.25, 0.3) is 5.69 Å². The van der Waals surface area contributed by atoms with Crippen molar-refractivity contribution in [3.05, 3.63) is 57.6 Å². The van der Waals surface area contributed by atoms with Gasteiger partial charge in [-0.25, -0.2) is 0 Å². The SMILES string of the molecule is O=[N+]([O-])c1cccc(Cl)c1Sc1ccc(O)cc1. The van der Waals surface area contributed by atoms with Gasteiger partial charge in [-0.3, -0.25) is 10.1 Å². The number of aromatic hydroxyl groups is 1. The van der Waals surface area contributed by atoms with E-state index in [1.54, 1.807) is 24.3 Å². The summed E-state index contributed by atoms with van der Waals surface area (Å²) in [6, 6.07) is 10.9. The maximum absolute atomic E-state index is 10.9. The first-order valence-corrected chi connectivity index (χ1v) is 6.17. The van der Waals surface area contributed by atoms with E-state index in [9.17, 15) is 15.2 Å². The van der Waals surface area contributed by atoms with Crippen LogP contribution >= 0.6 is 23.4 Å². The number of halogens is 1. The molecular weight excluding hydrogens is 274 g/mol. The van der Waals surface area contributed by atoms with Crippen molar-refractivity contribution in [2.45, 2.75) is 9.79 Å². The van der Waals surface area contributed by atoms with Crippen molar-refractivity contribution in [2.75, 3.05) is 0 Å². The summed E-state index contributed by atoms with van der Waals surface area (Å²) in [4.78, 5) is 11.6. The summed E-state index contributed by atoms with van der Waals surface area (Å²) < 4.78 is 0. The molecule has 6 heteroatoms. The number of hydrogen-bond donors (Lipinski definition) is 1. The van der Waals surface area contributed by atoms with Crippen LogP contribution in [0.1, 0.15) is 0 Å². The number of hydrogen-bond acceptors (Lipinski definition) is 4. The van der Waals surface area contributed by atoms with Gasteiger partial charge < -0.3 is 5.11 Å². The van der Waals surface area contributed by atoms with Gasteiger partial charge in [-0.1, -0.05) is 29.4 Å². The van der Waals surface area contributed by atoms with E-state index in [0.717, 1.165) is 4.90 Å². The number of rotatable bonds is 3. The first kappa shape index (κ1) is 12.7. The predicted molar refractivity (Wildman–Crippen MR) is 70.3 cm³/mol. The van der Waals surface area contributed by atoms with E-state index in [0.29, 0.717) is 9.92 Å². The Kier molecular flexibility index (Phi) is 3.74. The predicted octanol–water partition coefficient (Wildman–Crippen LogP) is 4.11. The summed E-state index contributed by atoms with van der Waals surface area (Å²) >= 11 is 7.17. The maximum atomic E-state index is 10.9. The lowest BCUT2D eigenvalue weighted by atomic mass is 10.3. The zero-order valence-corrected chi connectivity index (χ0v) is 10.6. The molecule has 0 aliphatic carbocycles. The second kappa shape index (κ2) is 5.29. The highest BCUT2D eigenvalue weighted by molar-refractivity contribution is 7.99. The molecule has 4 nitrogen and oxygen atoms in total. The van der Waals surface area contributed by atoms with Crippen molar-refractivity contribution in [1.82, 2.24) is 0 Å². The van der Waals surface area contributed by atoms with Gasteiger partial charge in [-0.05, 0) is 30.3 Å². The summed E-state index contributed by atoms with van der Waals surface area (Å²) in [6.45, 7) is 0. The Bertz CT molecular complexity index is 586. The van der Waals surface area contributed by atoms with E-state index >= 15 is 0 Å². The van der Waals surface area contributed by atoms with E-state index in [2.05, 4.69) is 0 Å². The molecular formula is C12H8ClNO3S. The minimum absolute atomic E-state index is 0.0272. The standard InChI is InChI=1S/C12H8ClNO3S/c13-10-2-1-3-11(14(16)17)12(10)18-9-6-4-8(15)5-7-9/h1-7,15H. The highest BCUT2D eigenvalue weighted by Gasteiger charge is 2.17. The van der Waals surface area contributed by atoms with Crippen LogP contribution < -0.4 is 0 Å². The molecule has 2 aromatic carbocycles. The van der Waals surface area contributed by atoms with Crippen LogP contribution in [0.25, 0.3) is 0 Å². The lowest BCUT2D eigenvalue weighted by molar-refractivity contribution is -0.387. The molecule has 0 aliphatic heterocycles. The molecule has 18 heavy (non-hydrogen) atoms. The Morgan fingerprint density at radius 3 is 2.44 bits per heavy atom. The molecule has 0 saturated carbocycles. The van der Waals surface area contributed by atoms with E-state index in [4.69, 9.17) is 11.6 Å². The largest absolute Gasteiger partial charge is 0.508 e. The maximum Gasteiger partial charge on any atom is 0.284 e. The Morgan fingerprint density at radius 2 is 1.83 bits per heavy atom. The first-order valence-electron chi connectivity index (χ1n) is 4.97. The lowest BCUT2D eigenvalue weighted by Gasteiger charge is -2.05. The highest BCUT2D eigenvalue weighted by atomic mass is 35.5. The molecule has 2 aromatic rings. The Hall–Kier alpha value is -1.72. The number of nitro groups is 1. The zero-order valence-electron chi connectivity index (χ0n) is 9.04. The van der Waals surface area contributed by atoms with E-state index in [1.165, 1.54) is 30.0 Å². The quantitative estimate of drug-likeness (QED) is 0.679. The number of phenols is 1. The topological polar surface area (TPSA) is 63.4 Å². The van der Waals surface area contributed by atoms with Gasteiger partial charge >= 0.3 is 0 Å². The van der Waals surface area contributed by atoms with Gasteiger partial charge in [-0.15, -0.1) is 0 Å². The number of phenolic OH excluding ortho intramolecular Hbond substituents is 1. The summed E-state index contributed by atoms with van der Waals surface area (Å²) in [5.74, 6) is 0.146. The molecule has 0 heterocycles. The van der Waals surface area contributed by atoms with Gasteiger partial charge in [0.15, 0.2) is 0 Å². The fraction of sp³-hybridized carbons (Fsp3) is 0. The van der Waals surface area contributed by atoms with Gasteiger partial charge in [0.2, 0.25) is 0 Å². The van der Waals surface area contributed by atoms with Crippen LogP contribution in [0, 0.1) is 10.1 Å². The summed E-state index contributed by atoms with van der Waals surface area (Å²) in [7, 11) is 0. The molecule has 0 atom stereocenters. The lowest BCUT2D eigenvalue weighted by Crippen LogP contribution is -1.91. The molecule has 0 fully saturated rings. The highest BCUT2D eigenvalue weighted by Crippen LogP contribution is 2.39. The van der Waals surface area contributed by atoms with Crippen molar-refractivity contribution in [3.63, 3.8) is 0 Å². The third kappa shape index (κ3) is 2.75. The second-order valence-corrected chi connectivity index (χ2v) is 4.93. The zero-order chi connectivity index (χ0) is 13.1. The van der Waals surface area contributed by atoms with Crippen LogP contribution in [0.15, 0.2) is 52.3 Å². The van der Waals surface area contributed by atoms with Crippen LogP contribution in [-0.2, 0) is 0 Å². The van der Waals surface area contributed by atoms with Crippen molar-refractivity contribution in [3.8, 4) is 5.75 Å². The first-order chi connectivity index (χ1) is 8.58. The Balaban J connectivity index is 2.39. The van der Waals surface area contributed by atoms with E-state index in [1.807, 2.05) is 0 Å². The normalized spacial score (nSPS) is 10.3.